The maximum absolute atomic E-state index is 6.34. The van der Waals surface area contributed by atoms with Crippen LogP contribution in [-0.4, -0.2) is 17.5 Å². The fraction of sp³-hybridized carbons (Fsp3) is 0.0741. The Morgan fingerprint density at radius 3 is 2.08 bits per heavy atom. The molecule has 0 unspecified atom stereocenters. The van der Waals surface area contributed by atoms with Crippen LogP contribution in [0.2, 0.25) is 20.1 Å². The number of aliphatic imine (C=N–C) groups is 1. The number of aromatic nitrogens is 1. The first-order valence-corrected chi connectivity index (χ1v) is 12.7. The van der Waals surface area contributed by atoms with Gasteiger partial charge in [0.05, 0.1) is 10.0 Å². The van der Waals surface area contributed by atoms with E-state index in [0.29, 0.717) is 39.0 Å². The maximum atomic E-state index is 6.34. The summed E-state index contributed by atoms with van der Waals surface area (Å²) in [6, 6.07) is 22.8. The number of hydrogen-bond acceptors (Lipinski definition) is 2. The zero-order valence-electron chi connectivity index (χ0n) is 18.9. The normalized spacial score (nSPS) is 11.8. The highest BCUT2D eigenvalue weighted by atomic mass is 35.5. The van der Waals surface area contributed by atoms with Crippen molar-refractivity contribution >= 4 is 91.2 Å². The van der Waals surface area contributed by atoms with Crippen molar-refractivity contribution < 1.29 is 0 Å². The molecule has 182 valence electrons. The third-order valence-electron chi connectivity index (χ3n) is 5.74. The van der Waals surface area contributed by atoms with Gasteiger partial charge in [0.15, 0.2) is 5.96 Å². The van der Waals surface area contributed by atoms with Crippen LogP contribution in [0.25, 0.3) is 21.8 Å². The van der Waals surface area contributed by atoms with Crippen molar-refractivity contribution in [3.63, 3.8) is 0 Å². The van der Waals surface area contributed by atoms with Crippen LogP contribution in [0.3, 0.4) is 0 Å². The van der Waals surface area contributed by atoms with Crippen LogP contribution in [-0.2, 0) is 6.42 Å². The van der Waals surface area contributed by atoms with Crippen molar-refractivity contribution in [2.24, 2.45) is 10.7 Å². The molecule has 4 aromatic carbocycles. The number of anilines is 3. The van der Waals surface area contributed by atoms with Crippen LogP contribution in [0.15, 0.2) is 77.8 Å². The van der Waals surface area contributed by atoms with E-state index in [1.807, 2.05) is 48.5 Å². The summed E-state index contributed by atoms with van der Waals surface area (Å²) in [5, 5.41) is 10.9. The molecule has 9 heteroatoms. The lowest BCUT2D eigenvalue weighted by molar-refractivity contribution is 0.970. The predicted octanol–water partition coefficient (Wildman–Crippen LogP) is 8.65. The van der Waals surface area contributed by atoms with Gasteiger partial charge >= 0.3 is 0 Å². The van der Waals surface area contributed by atoms with Gasteiger partial charge < -0.3 is 21.4 Å². The van der Waals surface area contributed by atoms with Crippen molar-refractivity contribution in [1.82, 2.24) is 4.98 Å². The highest BCUT2D eigenvalue weighted by Gasteiger charge is 2.13. The molecule has 5 N–H and O–H groups in total. The number of nitrogens with two attached hydrogens (primary N) is 1. The van der Waals surface area contributed by atoms with E-state index in [0.717, 1.165) is 44.4 Å². The topological polar surface area (TPSA) is 78.2 Å². The average molecular weight is 557 g/mol. The molecule has 1 aromatic heterocycles. The Hall–Kier alpha value is -3.09. The van der Waals surface area contributed by atoms with Crippen molar-refractivity contribution in [3.05, 3.63) is 98.5 Å². The van der Waals surface area contributed by atoms with Crippen LogP contribution in [0.5, 0.6) is 0 Å². The first-order valence-electron chi connectivity index (χ1n) is 11.1. The molecule has 0 aliphatic rings. The number of aromatic amines is 1. The Morgan fingerprint density at radius 1 is 0.750 bits per heavy atom. The van der Waals surface area contributed by atoms with Gasteiger partial charge in [0.25, 0.3) is 0 Å². The fourth-order valence-corrected chi connectivity index (χ4v) is 4.64. The molecule has 0 fully saturated rings. The summed E-state index contributed by atoms with van der Waals surface area (Å²) in [5.74, 6) is 0.333. The Labute approximate surface area is 228 Å². The number of nitrogens with one attached hydrogen (secondary N) is 3. The van der Waals surface area contributed by atoms with E-state index in [1.54, 1.807) is 12.1 Å². The van der Waals surface area contributed by atoms with E-state index in [1.165, 1.54) is 0 Å². The van der Waals surface area contributed by atoms with E-state index in [9.17, 15) is 0 Å². The highest BCUT2D eigenvalue weighted by molar-refractivity contribution is 6.43. The van der Waals surface area contributed by atoms with Crippen LogP contribution in [0.4, 0.5) is 17.1 Å². The molecular formula is C27H21Cl4N5. The van der Waals surface area contributed by atoms with Gasteiger partial charge in [-0.3, -0.25) is 4.99 Å². The Balaban J connectivity index is 1.47. The van der Waals surface area contributed by atoms with Crippen LogP contribution >= 0.6 is 46.4 Å². The van der Waals surface area contributed by atoms with E-state index in [-0.39, 0.29) is 0 Å². The first kappa shape index (κ1) is 24.6. The van der Waals surface area contributed by atoms with Crippen LogP contribution < -0.4 is 16.4 Å². The third-order valence-corrected chi connectivity index (χ3v) is 6.97. The van der Waals surface area contributed by atoms with Gasteiger partial charge in [-0.2, -0.15) is 0 Å². The standard InChI is InChI=1S/C27H21Cl4N5/c28-16-1-5-18(6-2-16)34-20-11-15(9-10-33-27(32)35-19-7-3-17(29)4-8-19)26-22(12-20)21-13-23(30)24(31)14-25(21)36-26/h1-8,11-14,34,36H,9-10H2,(H3,32,33,35). The zero-order valence-corrected chi connectivity index (χ0v) is 21.9. The minimum Gasteiger partial charge on any atom is -0.370 e. The summed E-state index contributed by atoms with van der Waals surface area (Å²) < 4.78 is 0. The number of benzene rings is 4. The highest BCUT2D eigenvalue weighted by Crippen LogP contribution is 2.36. The summed E-state index contributed by atoms with van der Waals surface area (Å²) in [6.45, 7) is 0.489. The largest absolute Gasteiger partial charge is 0.370 e. The predicted molar refractivity (Wildman–Crippen MR) is 156 cm³/mol. The van der Waals surface area contributed by atoms with Gasteiger partial charge in [-0.05, 0) is 84.8 Å². The molecule has 36 heavy (non-hydrogen) atoms. The summed E-state index contributed by atoms with van der Waals surface area (Å²) in [4.78, 5) is 8.01. The number of nitrogens with zero attached hydrogens (tertiary/aromatic N) is 1. The zero-order chi connectivity index (χ0) is 25.2. The Kier molecular flexibility index (Phi) is 7.17. The van der Waals surface area contributed by atoms with Crippen molar-refractivity contribution in [2.45, 2.75) is 6.42 Å². The Morgan fingerprint density at radius 2 is 1.39 bits per heavy atom. The number of hydrogen-bond donors (Lipinski definition) is 4. The molecule has 0 radical (unpaired) electrons. The number of fused-ring (bicyclic) bond motifs is 3. The van der Waals surface area contributed by atoms with E-state index < -0.39 is 0 Å². The molecule has 0 aliphatic carbocycles. The van der Waals surface area contributed by atoms with E-state index in [4.69, 9.17) is 52.1 Å². The minimum absolute atomic E-state index is 0.333. The van der Waals surface area contributed by atoms with Gasteiger partial charge in [-0.1, -0.05) is 46.4 Å². The molecule has 0 saturated carbocycles. The number of H-pyrrole nitrogens is 1. The Bertz CT molecular complexity index is 1570. The van der Waals surface area contributed by atoms with Gasteiger partial charge in [0, 0.05) is 55.5 Å². The molecule has 0 amide bonds. The molecular weight excluding hydrogens is 536 g/mol. The van der Waals surface area contributed by atoms with E-state index in [2.05, 4.69) is 32.7 Å². The van der Waals surface area contributed by atoms with Crippen molar-refractivity contribution in [3.8, 4) is 0 Å². The number of rotatable bonds is 6. The summed E-state index contributed by atoms with van der Waals surface area (Å²) in [5.41, 5.74) is 11.8. The lowest BCUT2D eigenvalue weighted by Gasteiger charge is -2.11. The average Bonchev–Trinajstić information content (AvgIpc) is 3.20. The molecule has 0 aliphatic heterocycles. The lowest BCUT2D eigenvalue weighted by Crippen LogP contribution is -2.23. The third kappa shape index (κ3) is 5.50. The molecule has 0 atom stereocenters. The van der Waals surface area contributed by atoms with Crippen LogP contribution in [0, 0.1) is 0 Å². The van der Waals surface area contributed by atoms with Crippen molar-refractivity contribution in [2.75, 3.05) is 17.2 Å². The monoisotopic (exact) mass is 555 g/mol. The minimum atomic E-state index is 0.333. The second kappa shape index (κ2) is 10.5. The lowest BCUT2D eigenvalue weighted by atomic mass is 10.0. The van der Waals surface area contributed by atoms with Crippen molar-refractivity contribution in [1.29, 1.82) is 0 Å². The molecule has 0 saturated heterocycles. The first-order chi connectivity index (χ1) is 17.4. The quantitative estimate of drug-likeness (QED) is 0.125. The second-order valence-corrected chi connectivity index (χ2v) is 9.96. The molecule has 5 rings (SSSR count). The SMILES string of the molecule is NC(=NCCc1cc(Nc2ccc(Cl)cc2)cc2c1[nH]c1cc(Cl)c(Cl)cc12)Nc1ccc(Cl)cc1. The van der Waals surface area contributed by atoms with E-state index >= 15 is 0 Å². The smallest absolute Gasteiger partial charge is 0.193 e. The molecule has 0 bridgehead atoms. The molecule has 5 nitrogen and oxygen atoms in total. The van der Waals surface area contributed by atoms with Gasteiger partial charge in [0.2, 0.25) is 0 Å². The van der Waals surface area contributed by atoms with Gasteiger partial charge in [-0.15, -0.1) is 0 Å². The van der Waals surface area contributed by atoms with Crippen LogP contribution in [0.1, 0.15) is 5.56 Å². The molecule has 5 aromatic rings. The maximum Gasteiger partial charge on any atom is 0.193 e. The molecule has 1 heterocycles. The number of guanidine groups is 1. The summed E-state index contributed by atoms with van der Waals surface area (Å²) in [6.07, 6.45) is 0.657. The summed E-state index contributed by atoms with van der Waals surface area (Å²) in [7, 11) is 0. The second-order valence-electron chi connectivity index (χ2n) is 8.28. The fourth-order valence-electron chi connectivity index (χ4n) is 4.06. The summed E-state index contributed by atoms with van der Waals surface area (Å²) >= 11 is 24.6. The van der Waals surface area contributed by atoms with Gasteiger partial charge in [-0.25, -0.2) is 0 Å². The van der Waals surface area contributed by atoms with Gasteiger partial charge in [0.1, 0.15) is 0 Å². The molecule has 0 spiro atoms. The number of halogens is 4.